The van der Waals surface area contributed by atoms with Gasteiger partial charge in [-0.25, -0.2) is 4.98 Å². The van der Waals surface area contributed by atoms with E-state index in [0.717, 1.165) is 33.9 Å². The maximum atomic E-state index is 10.1. The van der Waals surface area contributed by atoms with Gasteiger partial charge in [0.15, 0.2) is 0 Å². The topological polar surface area (TPSA) is 87.0 Å². The normalized spacial score (nSPS) is 11.7. The summed E-state index contributed by atoms with van der Waals surface area (Å²) in [5, 5.41) is 13.9. The predicted octanol–water partition coefficient (Wildman–Crippen LogP) is 5.12. The maximum Gasteiger partial charge on any atom is 0.134 e. The lowest BCUT2D eigenvalue weighted by atomic mass is 10.0. The molecular weight excluding hydrogens is 388 g/mol. The minimum absolute atomic E-state index is 0.0201. The van der Waals surface area contributed by atoms with Crippen LogP contribution in [0.3, 0.4) is 0 Å². The number of phenolic OH excluding ortho intramolecular Hbond substituents is 1. The van der Waals surface area contributed by atoms with Crippen LogP contribution in [-0.2, 0) is 12.1 Å². The number of H-pyrrole nitrogens is 1. The van der Waals surface area contributed by atoms with E-state index in [1.807, 2.05) is 24.3 Å². The zero-order valence-electron chi connectivity index (χ0n) is 16.1. The Morgan fingerprint density at radius 3 is 2.62 bits per heavy atom. The van der Waals surface area contributed by atoms with Crippen molar-refractivity contribution in [2.45, 2.75) is 25.9 Å². The van der Waals surface area contributed by atoms with Crippen LogP contribution in [0.1, 0.15) is 25.2 Å². The summed E-state index contributed by atoms with van der Waals surface area (Å²) in [5.41, 5.74) is 3.92. The number of rotatable bonds is 6. The van der Waals surface area contributed by atoms with Crippen LogP contribution in [0.25, 0.3) is 22.5 Å². The molecule has 0 radical (unpaired) electrons. The molecule has 1 aromatic carbocycles. The first-order chi connectivity index (χ1) is 13.9. The lowest BCUT2D eigenvalue weighted by molar-refractivity contribution is 0.380. The van der Waals surface area contributed by atoms with Crippen molar-refractivity contribution in [3.05, 3.63) is 77.7 Å². The summed E-state index contributed by atoms with van der Waals surface area (Å²) >= 11 is 5.99. The van der Waals surface area contributed by atoms with Crippen molar-refractivity contribution in [1.29, 1.82) is 0 Å². The van der Waals surface area contributed by atoms with Crippen LogP contribution in [0, 0.1) is 0 Å². The highest BCUT2D eigenvalue weighted by Gasteiger charge is 2.27. The lowest BCUT2D eigenvalue weighted by Gasteiger charge is -2.23. The number of phenols is 1. The molecule has 4 rings (SSSR count). The van der Waals surface area contributed by atoms with Gasteiger partial charge >= 0.3 is 0 Å². The molecule has 7 heteroatoms. The summed E-state index contributed by atoms with van der Waals surface area (Å²) in [6.45, 7) is 4.77. The van der Waals surface area contributed by atoms with Gasteiger partial charge in [0.1, 0.15) is 11.6 Å². The Morgan fingerprint density at radius 1 is 1.14 bits per heavy atom. The molecule has 0 fully saturated rings. The number of aromatic nitrogens is 3. The summed E-state index contributed by atoms with van der Waals surface area (Å²) < 4.78 is 5.14. The molecule has 0 saturated heterocycles. The lowest BCUT2D eigenvalue weighted by Crippen LogP contribution is -2.37. The van der Waals surface area contributed by atoms with Crippen LogP contribution in [0.5, 0.6) is 5.75 Å². The first-order valence-electron chi connectivity index (χ1n) is 9.20. The molecule has 0 spiro atoms. The van der Waals surface area contributed by atoms with Gasteiger partial charge in [0.25, 0.3) is 0 Å². The summed E-state index contributed by atoms with van der Waals surface area (Å²) in [7, 11) is 0. The standard InChI is InChI=1S/C22H21ClN4O2/c1-22(2,25-12-14-7-10-29-13-14)21-26-19(15-5-8-24-9-6-15)20(27-21)16-3-4-17(23)18(28)11-16/h3-11,13,25,28H,12H2,1-2H3,(H,26,27). The van der Waals surface area contributed by atoms with E-state index in [0.29, 0.717) is 11.6 Å². The number of hydrogen-bond acceptors (Lipinski definition) is 5. The van der Waals surface area contributed by atoms with Gasteiger partial charge in [-0.2, -0.15) is 0 Å². The monoisotopic (exact) mass is 408 g/mol. The largest absolute Gasteiger partial charge is 0.506 e. The molecule has 0 bridgehead atoms. The fourth-order valence-corrected chi connectivity index (χ4v) is 3.18. The van der Waals surface area contributed by atoms with Crippen LogP contribution < -0.4 is 5.32 Å². The average molecular weight is 409 g/mol. The highest BCUT2D eigenvalue weighted by atomic mass is 35.5. The Hall–Kier alpha value is -3.09. The molecule has 3 aromatic heterocycles. The Morgan fingerprint density at radius 2 is 1.93 bits per heavy atom. The van der Waals surface area contributed by atoms with Gasteiger partial charge in [0.05, 0.1) is 34.5 Å². The van der Waals surface area contributed by atoms with Gasteiger partial charge in [-0.05, 0) is 44.2 Å². The Bertz CT molecular complexity index is 1110. The minimum Gasteiger partial charge on any atom is -0.506 e. The van der Waals surface area contributed by atoms with Gasteiger partial charge in [0.2, 0.25) is 0 Å². The number of aromatic hydroxyl groups is 1. The molecule has 6 nitrogen and oxygen atoms in total. The Kier molecular flexibility index (Phi) is 5.13. The summed E-state index contributed by atoms with van der Waals surface area (Å²) in [6.07, 6.45) is 6.85. The van der Waals surface area contributed by atoms with Gasteiger partial charge in [0, 0.05) is 35.6 Å². The second-order valence-corrected chi connectivity index (χ2v) is 7.73. The van der Waals surface area contributed by atoms with Gasteiger partial charge in [-0.1, -0.05) is 17.7 Å². The van der Waals surface area contributed by atoms with E-state index in [1.165, 1.54) is 0 Å². The molecule has 3 heterocycles. The van der Waals surface area contributed by atoms with Crippen LogP contribution in [0.4, 0.5) is 0 Å². The zero-order chi connectivity index (χ0) is 20.4. The molecule has 4 aromatic rings. The third kappa shape index (κ3) is 4.04. The van der Waals surface area contributed by atoms with Crippen LogP contribution in [-0.4, -0.2) is 20.1 Å². The van der Waals surface area contributed by atoms with Crippen LogP contribution in [0.15, 0.2) is 65.7 Å². The Balaban J connectivity index is 1.75. The van der Waals surface area contributed by atoms with E-state index >= 15 is 0 Å². The quantitative estimate of drug-likeness (QED) is 0.412. The second-order valence-electron chi connectivity index (χ2n) is 7.32. The molecule has 0 saturated carbocycles. The van der Waals surface area contributed by atoms with Crippen LogP contribution >= 0.6 is 11.6 Å². The van der Waals surface area contributed by atoms with E-state index in [9.17, 15) is 5.11 Å². The molecule has 0 aliphatic heterocycles. The number of hydrogen-bond donors (Lipinski definition) is 3. The van der Waals surface area contributed by atoms with E-state index in [4.69, 9.17) is 21.0 Å². The van der Waals surface area contributed by atoms with Crippen LogP contribution in [0.2, 0.25) is 5.02 Å². The third-order valence-electron chi connectivity index (χ3n) is 4.80. The van der Waals surface area contributed by atoms with Gasteiger partial charge in [-0.15, -0.1) is 0 Å². The number of benzene rings is 1. The SMILES string of the molecule is CC(C)(NCc1ccoc1)c1nc(-c2ccc(Cl)c(O)c2)c(-c2ccncc2)[nH]1. The summed E-state index contributed by atoms with van der Waals surface area (Å²) in [5.74, 6) is 0.795. The fourth-order valence-electron chi connectivity index (χ4n) is 3.07. The van der Waals surface area contributed by atoms with E-state index < -0.39 is 5.54 Å². The van der Waals surface area contributed by atoms with Crippen molar-refractivity contribution in [1.82, 2.24) is 20.3 Å². The number of pyridine rings is 1. The molecule has 0 unspecified atom stereocenters. The molecule has 0 atom stereocenters. The van der Waals surface area contributed by atoms with Crippen molar-refractivity contribution in [2.24, 2.45) is 0 Å². The highest BCUT2D eigenvalue weighted by molar-refractivity contribution is 6.32. The van der Waals surface area contributed by atoms with Crippen molar-refractivity contribution in [2.75, 3.05) is 0 Å². The number of imidazole rings is 1. The van der Waals surface area contributed by atoms with E-state index in [1.54, 1.807) is 37.1 Å². The molecule has 148 valence electrons. The maximum absolute atomic E-state index is 10.1. The molecule has 0 amide bonds. The average Bonchev–Trinajstić information content (AvgIpc) is 3.40. The number of nitrogens with zero attached hydrogens (tertiary/aromatic N) is 2. The Labute approximate surface area is 173 Å². The van der Waals surface area contributed by atoms with Crippen molar-refractivity contribution >= 4 is 11.6 Å². The molecular formula is C22H21ClN4O2. The number of nitrogens with one attached hydrogen (secondary N) is 2. The minimum atomic E-state index is -0.439. The summed E-state index contributed by atoms with van der Waals surface area (Å²) in [4.78, 5) is 12.4. The molecule has 0 aliphatic rings. The molecule has 29 heavy (non-hydrogen) atoms. The first kappa shape index (κ1) is 19.2. The highest BCUT2D eigenvalue weighted by Crippen LogP contribution is 2.35. The van der Waals surface area contributed by atoms with Gasteiger partial charge in [-0.3, -0.25) is 4.98 Å². The first-order valence-corrected chi connectivity index (χ1v) is 9.58. The predicted molar refractivity (Wildman–Crippen MR) is 113 cm³/mol. The van der Waals surface area contributed by atoms with Gasteiger partial charge < -0.3 is 19.8 Å². The van der Waals surface area contributed by atoms with E-state index in [2.05, 4.69) is 29.1 Å². The van der Waals surface area contributed by atoms with Crippen molar-refractivity contribution < 1.29 is 9.52 Å². The second kappa shape index (κ2) is 7.73. The smallest absolute Gasteiger partial charge is 0.134 e. The third-order valence-corrected chi connectivity index (χ3v) is 5.12. The fraction of sp³-hybridized carbons (Fsp3) is 0.182. The number of halogens is 1. The van der Waals surface area contributed by atoms with Crippen molar-refractivity contribution in [3.8, 4) is 28.3 Å². The molecule has 3 N–H and O–H groups in total. The van der Waals surface area contributed by atoms with Crippen molar-refractivity contribution in [3.63, 3.8) is 0 Å². The summed E-state index contributed by atoms with van der Waals surface area (Å²) in [6, 6.07) is 10.9. The van der Waals surface area contributed by atoms with E-state index in [-0.39, 0.29) is 5.75 Å². The molecule has 0 aliphatic carbocycles. The number of furan rings is 1. The number of aromatic amines is 1. The zero-order valence-corrected chi connectivity index (χ0v) is 16.9.